The van der Waals surface area contributed by atoms with Gasteiger partial charge in [-0.1, -0.05) is 36.4 Å². The van der Waals surface area contributed by atoms with Gasteiger partial charge in [-0.05, 0) is 31.4 Å². The molecule has 2 aliphatic rings. The number of rotatable bonds is 7. The average molecular weight is 367 g/mol. The number of fused-ring (bicyclic) bond motifs is 2. The molecule has 1 N–H and O–H groups in total. The van der Waals surface area contributed by atoms with Gasteiger partial charge in [0.2, 0.25) is 5.91 Å². The highest BCUT2D eigenvalue weighted by molar-refractivity contribution is 5.89. The van der Waals surface area contributed by atoms with Crippen LogP contribution < -0.4 is 10.1 Å². The van der Waals surface area contributed by atoms with Gasteiger partial charge in [-0.3, -0.25) is 4.79 Å². The first-order valence-electron chi connectivity index (χ1n) is 9.65. The number of carbonyl (C=O) groups is 1. The van der Waals surface area contributed by atoms with Gasteiger partial charge in [-0.25, -0.2) is 0 Å². The third-order valence-corrected chi connectivity index (χ3v) is 5.03. The number of carbonyl (C=O) groups excluding carboxylic acids is 1. The Morgan fingerprint density at radius 3 is 2.44 bits per heavy atom. The molecule has 142 valence electrons. The number of nitrogens with one attached hydrogen (secondary N) is 1. The lowest BCUT2D eigenvalue weighted by Gasteiger charge is -2.27. The van der Waals surface area contributed by atoms with Gasteiger partial charge in [0.1, 0.15) is 11.5 Å². The third-order valence-electron chi connectivity index (χ3n) is 5.03. The molecule has 1 amide bonds. The number of para-hydroxylation sites is 2. The van der Waals surface area contributed by atoms with Crippen molar-refractivity contribution in [3.8, 4) is 11.5 Å². The van der Waals surface area contributed by atoms with Crippen molar-refractivity contribution in [2.75, 3.05) is 26.4 Å². The van der Waals surface area contributed by atoms with Gasteiger partial charge < -0.3 is 19.5 Å². The minimum absolute atomic E-state index is 0.00248. The molecule has 2 heterocycles. The molecule has 2 aromatic carbocycles. The molecule has 0 aromatic heterocycles. The lowest BCUT2D eigenvalue weighted by Crippen LogP contribution is -2.32. The topological polar surface area (TPSA) is 56.8 Å². The summed E-state index contributed by atoms with van der Waals surface area (Å²) in [6.07, 6.45) is 3.23. The van der Waals surface area contributed by atoms with Crippen molar-refractivity contribution in [1.82, 2.24) is 5.32 Å². The minimum atomic E-state index is -0.348. The quantitative estimate of drug-likeness (QED) is 0.760. The second kappa shape index (κ2) is 8.55. The fourth-order valence-electron chi connectivity index (χ4n) is 3.67. The summed E-state index contributed by atoms with van der Waals surface area (Å²) >= 11 is 0. The zero-order valence-electron chi connectivity index (χ0n) is 15.4. The Bertz CT molecular complexity index is 740. The summed E-state index contributed by atoms with van der Waals surface area (Å²) in [5, 5.41) is 3.06. The van der Waals surface area contributed by atoms with Crippen LogP contribution in [0.1, 0.15) is 36.3 Å². The van der Waals surface area contributed by atoms with E-state index in [1.807, 2.05) is 48.5 Å². The zero-order chi connectivity index (χ0) is 18.5. The monoisotopic (exact) mass is 367 g/mol. The maximum atomic E-state index is 12.9. The van der Waals surface area contributed by atoms with Crippen molar-refractivity contribution >= 4 is 5.91 Å². The number of hydrogen-bond donors (Lipinski definition) is 1. The molecule has 5 nitrogen and oxygen atoms in total. The van der Waals surface area contributed by atoms with E-state index in [0.29, 0.717) is 19.8 Å². The van der Waals surface area contributed by atoms with Crippen LogP contribution in [-0.4, -0.2) is 38.4 Å². The number of benzene rings is 2. The van der Waals surface area contributed by atoms with Crippen LogP contribution in [0.25, 0.3) is 0 Å². The Morgan fingerprint density at radius 2 is 1.78 bits per heavy atom. The van der Waals surface area contributed by atoms with Gasteiger partial charge in [0.05, 0.1) is 18.6 Å². The number of hydrogen-bond acceptors (Lipinski definition) is 4. The molecule has 5 heteroatoms. The Morgan fingerprint density at radius 1 is 1.07 bits per heavy atom. The second-order valence-corrected chi connectivity index (χ2v) is 6.97. The molecule has 2 aliphatic heterocycles. The average Bonchev–Trinajstić information content (AvgIpc) is 3.22. The zero-order valence-corrected chi connectivity index (χ0v) is 15.4. The van der Waals surface area contributed by atoms with Gasteiger partial charge in [-0.15, -0.1) is 0 Å². The van der Waals surface area contributed by atoms with Crippen LogP contribution in [0.4, 0.5) is 0 Å². The molecule has 0 spiro atoms. The van der Waals surface area contributed by atoms with Gasteiger partial charge in [0.25, 0.3) is 0 Å². The molecule has 0 bridgehead atoms. The van der Waals surface area contributed by atoms with Crippen molar-refractivity contribution in [1.29, 1.82) is 0 Å². The molecule has 1 atom stereocenters. The van der Waals surface area contributed by atoms with Crippen LogP contribution in [0, 0.1) is 0 Å². The van der Waals surface area contributed by atoms with E-state index < -0.39 is 0 Å². The Labute approximate surface area is 159 Å². The van der Waals surface area contributed by atoms with Gasteiger partial charge in [0, 0.05) is 30.9 Å². The fraction of sp³-hybridized carbons (Fsp3) is 0.409. The highest BCUT2D eigenvalue weighted by atomic mass is 16.5. The summed E-state index contributed by atoms with van der Waals surface area (Å²) in [7, 11) is 0. The first-order valence-corrected chi connectivity index (χ1v) is 9.65. The van der Waals surface area contributed by atoms with E-state index in [9.17, 15) is 4.79 Å². The van der Waals surface area contributed by atoms with Crippen molar-refractivity contribution in [3.63, 3.8) is 0 Å². The normalized spacial score (nSPS) is 18.4. The molecule has 0 aliphatic carbocycles. The van der Waals surface area contributed by atoms with Crippen LogP contribution in [0.2, 0.25) is 0 Å². The van der Waals surface area contributed by atoms with E-state index in [1.54, 1.807) is 0 Å². The Kier molecular flexibility index (Phi) is 5.70. The molecule has 4 rings (SSSR count). The molecular formula is C22H25NO4. The summed E-state index contributed by atoms with van der Waals surface area (Å²) in [4.78, 5) is 12.9. The van der Waals surface area contributed by atoms with Gasteiger partial charge >= 0.3 is 0 Å². The SMILES string of the molecule is O=C(NCCCOCC1CCCO1)C1c2ccccc2Oc2ccccc21. The minimum Gasteiger partial charge on any atom is -0.457 e. The summed E-state index contributed by atoms with van der Waals surface area (Å²) < 4.78 is 17.2. The van der Waals surface area contributed by atoms with E-state index in [2.05, 4.69) is 5.32 Å². The Hall–Kier alpha value is -2.37. The smallest absolute Gasteiger partial charge is 0.232 e. The van der Waals surface area contributed by atoms with Gasteiger partial charge in [-0.2, -0.15) is 0 Å². The van der Waals surface area contributed by atoms with Crippen LogP contribution in [0.15, 0.2) is 48.5 Å². The van der Waals surface area contributed by atoms with Crippen molar-refractivity contribution in [3.05, 3.63) is 59.7 Å². The molecule has 0 saturated carbocycles. The summed E-state index contributed by atoms with van der Waals surface area (Å²) in [5.41, 5.74) is 1.81. The van der Waals surface area contributed by atoms with Crippen molar-refractivity contribution < 1.29 is 19.0 Å². The maximum absolute atomic E-state index is 12.9. The third kappa shape index (κ3) is 4.15. The summed E-state index contributed by atoms with van der Waals surface area (Å²) in [6.45, 7) is 2.71. The summed E-state index contributed by atoms with van der Waals surface area (Å²) in [5.74, 6) is 1.14. The first kappa shape index (κ1) is 18.0. The van der Waals surface area contributed by atoms with Crippen LogP contribution >= 0.6 is 0 Å². The number of ether oxygens (including phenoxy) is 3. The maximum Gasteiger partial charge on any atom is 0.232 e. The molecule has 2 aromatic rings. The highest BCUT2D eigenvalue weighted by Gasteiger charge is 2.32. The molecule has 27 heavy (non-hydrogen) atoms. The number of amides is 1. The van der Waals surface area contributed by atoms with Crippen LogP contribution in [0.3, 0.4) is 0 Å². The van der Waals surface area contributed by atoms with Gasteiger partial charge in [0.15, 0.2) is 0 Å². The summed E-state index contributed by atoms with van der Waals surface area (Å²) in [6, 6.07) is 15.5. The van der Waals surface area contributed by atoms with E-state index in [4.69, 9.17) is 14.2 Å². The predicted molar refractivity (Wildman–Crippen MR) is 102 cm³/mol. The van der Waals surface area contributed by atoms with E-state index in [1.165, 1.54) is 0 Å². The van der Waals surface area contributed by atoms with Crippen molar-refractivity contribution in [2.45, 2.75) is 31.3 Å². The van der Waals surface area contributed by atoms with E-state index in [-0.39, 0.29) is 17.9 Å². The van der Waals surface area contributed by atoms with Crippen molar-refractivity contribution in [2.24, 2.45) is 0 Å². The molecular weight excluding hydrogens is 342 g/mol. The lowest BCUT2D eigenvalue weighted by atomic mass is 9.87. The second-order valence-electron chi connectivity index (χ2n) is 6.97. The first-order chi connectivity index (χ1) is 13.3. The highest BCUT2D eigenvalue weighted by Crippen LogP contribution is 2.43. The van der Waals surface area contributed by atoms with Crippen LogP contribution in [-0.2, 0) is 14.3 Å². The molecule has 1 saturated heterocycles. The fourth-order valence-corrected chi connectivity index (χ4v) is 3.67. The molecule has 1 fully saturated rings. The molecule has 0 radical (unpaired) electrons. The largest absolute Gasteiger partial charge is 0.457 e. The van der Waals surface area contributed by atoms with E-state index in [0.717, 1.165) is 48.5 Å². The predicted octanol–water partition coefficient (Wildman–Crippen LogP) is 3.63. The standard InChI is InChI=1S/C22H25NO4/c24-22(23-12-6-13-25-15-16-7-5-14-26-16)21-17-8-1-3-10-19(17)27-20-11-4-2-9-18(20)21/h1-4,8-11,16,21H,5-7,12-15H2,(H,23,24). The molecule has 1 unspecified atom stereocenters. The van der Waals surface area contributed by atoms with Crippen LogP contribution in [0.5, 0.6) is 11.5 Å². The lowest BCUT2D eigenvalue weighted by molar-refractivity contribution is -0.121. The Balaban J connectivity index is 1.33. The van der Waals surface area contributed by atoms with E-state index >= 15 is 0 Å².